The van der Waals surface area contributed by atoms with Gasteiger partial charge in [0.1, 0.15) is 5.75 Å². The Bertz CT molecular complexity index is 889. The van der Waals surface area contributed by atoms with Crippen molar-refractivity contribution in [2.24, 2.45) is 0 Å². The highest BCUT2D eigenvalue weighted by molar-refractivity contribution is 5.99. The van der Waals surface area contributed by atoms with Crippen LogP contribution in [0.3, 0.4) is 0 Å². The van der Waals surface area contributed by atoms with E-state index in [1.807, 2.05) is 0 Å². The first-order valence-electron chi connectivity index (χ1n) is 7.63. The maximum absolute atomic E-state index is 12.1. The molecule has 0 amide bonds. The van der Waals surface area contributed by atoms with E-state index in [4.69, 9.17) is 14.2 Å². The second-order valence-corrected chi connectivity index (χ2v) is 5.26. The fourth-order valence-electron chi connectivity index (χ4n) is 2.13. The Kier molecular flexibility index (Phi) is 6.21. The summed E-state index contributed by atoms with van der Waals surface area (Å²) in [6.07, 6.45) is 0. The number of carbonyl (C=O) groups is 3. The smallest absolute Gasteiger partial charge is 0.338 e. The maximum Gasteiger partial charge on any atom is 0.338 e. The van der Waals surface area contributed by atoms with E-state index in [9.17, 15) is 24.5 Å². The molecule has 9 nitrogen and oxygen atoms in total. The number of ether oxygens (including phenoxy) is 3. The van der Waals surface area contributed by atoms with E-state index in [2.05, 4.69) is 0 Å². The average molecular weight is 373 g/mol. The number of carbonyl (C=O) groups excluding carboxylic acids is 3. The number of hydrogen-bond acceptors (Lipinski definition) is 8. The van der Waals surface area contributed by atoms with Crippen molar-refractivity contribution in [3.05, 3.63) is 63.7 Å². The highest BCUT2D eigenvalue weighted by Gasteiger charge is 2.19. The standard InChI is InChI=1S/C18H15NO8/c1-11(20)27-14-6-3-12(4-7-14)16(21)10-26-18(22)13-5-8-17(25-2)15(9-13)19(23)24/h3-9H,10H2,1-2H3. The van der Waals surface area contributed by atoms with Gasteiger partial charge in [0.2, 0.25) is 0 Å². The second kappa shape index (κ2) is 8.56. The van der Waals surface area contributed by atoms with Gasteiger partial charge >= 0.3 is 17.6 Å². The average Bonchev–Trinajstić information content (AvgIpc) is 2.65. The minimum Gasteiger partial charge on any atom is -0.490 e. The van der Waals surface area contributed by atoms with Crippen LogP contribution in [0.4, 0.5) is 5.69 Å². The molecule has 9 heteroatoms. The molecular formula is C18H15NO8. The molecule has 2 aromatic rings. The molecule has 0 radical (unpaired) electrons. The summed E-state index contributed by atoms with van der Waals surface area (Å²) in [5.74, 6) is -1.58. The van der Waals surface area contributed by atoms with Crippen molar-refractivity contribution in [1.29, 1.82) is 0 Å². The molecule has 0 aliphatic carbocycles. The molecule has 0 heterocycles. The van der Waals surface area contributed by atoms with Gasteiger partial charge < -0.3 is 14.2 Å². The lowest BCUT2D eigenvalue weighted by atomic mass is 10.1. The van der Waals surface area contributed by atoms with E-state index in [0.717, 1.165) is 6.07 Å². The first kappa shape index (κ1) is 19.6. The van der Waals surface area contributed by atoms with Crippen LogP contribution in [-0.2, 0) is 9.53 Å². The summed E-state index contributed by atoms with van der Waals surface area (Å²) in [5, 5.41) is 11.0. The van der Waals surface area contributed by atoms with Gasteiger partial charge in [-0.05, 0) is 36.4 Å². The summed E-state index contributed by atoms with van der Waals surface area (Å²) in [7, 11) is 1.27. The van der Waals surface area contributed by atoms with Crippen molar-refractivity contribution in [3.8, 4) is 11.5 Å². The molecule has 0 bridgehead atoms. The molecular weight excluding hydrogens is 358 g/mol. The summed E-state index contributed by atoms with van der Waals surface area (Å²) < 4.78 is 14.6. The number of methoxy groups -OCH3 is 1. The minimum atomic E-state index is -0.884. The van der Waals surface area contributed by atoms with E-state index < -0.39 is 29.3 Å². The molecule has 0 saturated heterocycles. The molecule has 0 saturated carbocycles. The molecule has 0 atom stereocenters. The minimum absolute atomic E-state index is 0.000459. The first-order chi connectivity index (χ1) is 12.8. The summed E-state index contributed by atoms with van der Waals surface area (Å²) in [4.78, 5) is 45.3. The van der Waals surface area contributed by atoms with Gasteiger partial charge in [0, 0.05) is 18.6 Å². The van der Waals surface area contributed by atoms with E-state index in [-0.39, 0.29) is 28.3 Å². The van der Waals surface area contributed by atoms with E-state index >= 15 is 0 Å². The Labute approximate surface area is 153 Å². The normalized spacial score (nSPS) is 10.0. The molecule has 2 aromatic carbocycles. The summed E-state index contributed by atoms with van der Waals surface area (Å²) in [6, 6.07) is 9.29. The summed E-state index contributed by atoms with van der Waals surface area (Å²) in [5.41, 5.74) is -0.223. The molecule has 0 spiro atoms. The quantitative estimate of drug-likeness (QED) is 0.239. The van der Waals surface area contributed by atoms with Crippen molar-refractivity contribution in [2.75, 3.05) is 13.7 Å². The largest absolute Gasteiger partial charge is 0.490 e. The molecule has 0 N–H and O–H groups in total. The van der Waals surface area contributed by atoms with Gasteiger partial charge in [0.05, 0.1) is 17.6 Å². The monoisotopic (exact) mass is 373 g/mol. The Morgan fingerprint density at radius 2 is 1.67 bits per heavy atom. The topological polar surface area (TPSA) is 122 Å². The molecule has 140 valence electrons. The Balaban J connectivity index is 2.02. The van der Waals surface area contributed by atoms with Crippen LogP contribution in [0, 0.1) is 10.1 Å². The van der Waals surface area contributed by atoms with Gasteiger partial charge in [-0.1, -0.05) is 0 Å². The van der Waals surface area contributed by atoms with Crippen molar-refractivity contribution >= 4 is 23.4 Å². The van der Waals surface area contributed by atoms with Gasteiger partial charge in [0.15, 0.2) is 18.1 Å². The van der Waals surface area contributed by atoms with E-state index in [0.29, 0.717) is 0 Å². The molecule has 2 rings (SSSR count). The zero-order valence-electron chi connectivity index (χ0n) is 14.5. The number of nitro groups is 1. The van der Waals surface area contributed by atoms with Crippen LogP contribution < -0.4 is 9.47 Å². The summed E-state index contributed by atoms with van der Waals surface area (Å²) >= 11 is 0. The molecule has 0 unspecified atom stereocenters. The lowest BCUT2D eigenvalue weighted by molar-refractivity contribution is -0.385. The van der Waals surface area contributed by atoms with Crippen LogP contribution in [0.1, 0.15) is 27.6 Å². The third kappa shape index (κ3) is 5.11. The van der Waals surface area contributed by atoms with Crippen molar-refractivity contribution in [1.82, 2.24) is 0 Å². The highest BCUT2D eigenvalue weighted by Crippen LogP contribution is 2.27. The van der Waals surface area contributed by atoms with E-state index in [1.54, 1.807) is 0 Å². The van der Waals surface area contributed by atoms with Crippen LogP contribution in [0.25, 0.3) is 0 Å². The number of rotatable bonds is 7. The predicted octanol–water partition coefficient (Wildman–Crippen LogP) is 2.57. The number of ketones is 1. The molecule has 0 fully saturated rings. The summed E-state index contributed by atoms with van der Waals surface area (Å²) in [6.45, 7) is 0.702. The van der Waals surface area contributed by atoms with Crippen molar-refractivity contribution < 1.29 is 33.5 Å². The van der Waals surface area contributed by atoms with Crippen LogP contribution in [0.5, 0.6) is 11.5 Å². The second-order valence-electron chi connectivity index (χ2n) is 5.26. The zero-order chi connectivity index (χ0) is 20.0. The zero-order valence-corrected chi connectivity index (χ0v) is 14.5. The van der Waals surface area contributed by atoms with Gasteiger partial charge in [0.25, 0.3) is 0 Å². The Hall–Kier alpha value is -3.75. The maximum atomic E-state index is 12.1. The first-order valence-corrected chi connectivity index (χ1v) is 7.63. The van der Waals surface area contributed by atoms with Crippen molar-refractivity contribution in [3.63, 3.8) is 0 Å². The molecule has 0 aromatic heterocycles. The third-order valence-corrected chi connectivity index (χ3v) is 3.38. The fourth-order valence-corrected chi connectivity index (χ4v) is 2.13. The lowest BCUT2D eigenvalue weighted by Gasteiger charge is -2.07. The lowest BCUT2D eigenvalue weighted by Crippen LogP contribution is -2.14. The number of hydrogen-bond donors (Lipinski definition) is 0. The van der Waals surface area contributed by atoms with E-state index in [1.165, 1.54) is 50.4 Å². The van der Waals surface area contributed by atoms with Crippen LogP contribution in [0.2, 0.25) is 0 Å². The number of Topliss-reactive ketones (excluding diaryl/α,β-unsaturated/α-hetero) is 1. The van der Waals surface area contributed by atoms with Gasteiger partial charge in [-0.25, -0.2) is 4.79 Å². The van der Waals surface area contributed by atoms with Gasteiger partial charge in [-0.3, -0.25) is 19.7 Å². The predicted molar refractivity (Wildman–Crippen MR) is 92.0 cm³/mol. The molecule has 0 aliphatic heterocycles. The highest BCUT2D eigenvalue weighted by atomic mass is 16.6. The SMILES string of the molecule is COc1ccc(C(=O)OCC(=O)c2ccc(OC(C)=O)cc2)cc1[N+](=O)[O-]. The fraction of sp³-hybridized carbons (Fsp3) is 0.167. The molecule has 27 heavy (non-hydrogen) atoms. The third-order valence-electron chi connectivity index (χ3n) is 3.38. The number of esters is 2. The molecule has 0 aliphatic rings. The Morgan fingerprint density at radius 3 is 2.22 bits per heavy atom. The van der Waals surface area contributed by atoms with Gasteiger partial charge in [-0.2, -0.15) is 0 Å². The van der Waals surface area contributed by atoms with Crippen molar-refractivity contribution in [2.45, 2.75) is 6.92 Å². The number of nitrogens with zero attached hydrogens (tertiary/aromatic N) is 1. The van der Waals surface area contributed by atoms with Crippen LogP contribution >= 0.6 is 0 Å². The van der Waals surface area contributed by atoms with Gasteiger partial charge in [-0.15, -0.1) is 0 Å². The number of nitro benzene ring substituents is 1. The Morgan fingerprint density at radius 1 is 1.04 bits per heavy atom. The number of benzene rings is 2. The van der Waals surface area contributed by atoms with Crippen LogP contribution in [-0.4, -0.2) is 36.4 Å². The van der Waals surface area contributed by atoms with Crippen LogP contribution in [0.15, 0.2) is 42.5 Å².